The Labute approximate surface area is 116 Å². The van der Waals surface area contributed by atoms with Crippen LogP contribution in [0.15, 0.2) is 24.3 Å². The smallest absolute Gasteiger partial charge is 0.157 e. The van der Waals surface area contributed by atoms with Crippen molar-refractivity contribution in [3.8, 4) is 0 Å². The second-order valence-electron chi connectivity index (χ2n) is 4.69. The highest BCUT2D eigenvalue weighted by molar-refractivity contribution is 14.1. The second kappa shape index (κ2) is 5.48. The first-order chi connectivity index (χ1) is 8.16. The number of nitrogens with one attached hydrogen (secondary N) is 1. The molecule has 1 aliphatic heterocycles. The van der Waals surface area contributed by atoms with Gasteiger partial charge in [0.25, 0.3) is 0 Å². The molecule has 92 valence electrons. The third kappa shape index (κ3) is 2.88. The molecule has 1 unspecified atom stereocenters. The molecule has 1 heterocycles. The van der Waals surface area contributed by atoms with E-state index in [1.807, 2.05) is 0 Å². The van der Waals surface area contributed by atoms with Gasteiger partial charge in [-0.15, -0.1) is 0 Å². The molecule has 1 aliphatic rings. The molecule has 0 saturated carbocycles. The van der Waals surface area contributed by atoms with Crippen molar-refractivity contribution >= 4 is 28.4 Å². The largest absolute Gasteiger partial charge is 0.305 e. The number of rotatable bonds is 4. The van der Waals surface area contributed by atoms with E-state index in [0.29, 0.717) is 12.2 Å². The zero-order valence-electron chi connectivity index (χ0n) is 10.1. The molecule has 17 heavy (non-hydrogen) atoms. The normalized spacial score (nSPS) is 23.9. The standard InChI is InChI=1S/C14H18INO/c1-2-14(8-3-9-16-14)13(17)10-11-4-6-12(15)7-5-11/h4-7,16H,2-3,8-10H2,1H3. The fourth-order valence-electron chi connectivity index (χ4n) is 2.50. The number of carbonyl (C=O) groups excluding carboxylic acids is 1. The number of ketones is 1. The van der Waals surface area contributed by atoms with E-state index in [9.17, 15) is 4.79 Å². The van der Waals surface area contributed by atoms with Gasteiger partial charge in [-0.05, 0) is 66.1 Å². The summed E-state index contributed by atoms with van der Waals surface area (Å²) in [6.45, 7) is 3.08. The summed E-state index contributed by atoms with van der Waals surface area (Å²) in [5.41, 5.74) is 0.875. The minimum absolute atomic E-state index is 0.247. The fourth-order valence-corrected chi connectivity index (χ4v) is 2.86. The van der Waals surface area contributed by atoms with Crippen molar-refractivity contribution in [2.45, 2.75) is 38.1 Å². The van der Waals surface area contributed by atoms with Crippen molar-refractivity contribution < 1.29 is 4.79 Å². The first-order valence-corrected chi connectivity index (χ1v) is 7.27. The Balaban J connectivity index is 2.08. The molecular weight excluding hydrogens is 325 g/mol. The molecule has 0 aliphatic carbocycles. The second-order valence-corrected chi connectivity index (χ2v) is 5.94. The van der Waals surface area contributed by atoms with Crippen molar-refractivity contribution in [3.63, 3.8) is 0 Å². The lowest BCUT2D eigenvalue weighted by Gasteiger charge is -2.26. The van der Waals surface area contributed by atoms with Crippen LogP contribution in [0.4, 0.5) is 0 Å². The Bertz CT molecular complexity index is 393. The van der Waals surface area contributed by atoms with Gasteiger partial charge in [-0.3, -0.25) is 4.79 Å². The molecule has 0 radical (unpaired) electrons. The molecule has 1 aromatic carbocycles. The van der Waals surface area contributed by atoms with Crippen LogP contribution >= 0.6 is 22.6 Å². The molecule has 1 fully saturated rings. The molecule has 2 rings (SSSR count). The third-order valence-corrected chi connectivity index (χ3v) is 4.38. The molecule has 1 atom stereocenters. The molecule has 0 bridgehead atoms. The first kappa shape index (κ1) is 13.0. The van der Waals surface area contributed by atoms with Crippen molar-refractivity contribution in [1.29, 1.82) is 0 Å². The van der Waals surface area contributed by atoms with Crippen molar-refractivity contribution in [3.05, 3.63) is 33.4 Å². The summed E-state index contributed by atoms with van der Waals surface area (Å²) < 4.78 is 1.21. The molecule has 1 saturated heterocycles. The summed E-state index contributed by atoms with van der Waals surface area (Å²) in [7, 11) is 0. The highest BCUT2D eigenvalue weighted by Crippen LogP contribution is 2.25. The van der Waals surface area contributed by atoms with Crippen LogP contribution < -0.4 is 5.32 Å². The van der Waals surface area contributed by atoms with Gasteiger partial charge in [0.1, 0.15) is 0 Å². The third-order valence-electron chi connectivity index (χ3n) is 3.66. The maximum atomic E-state index is 12.4. The van der Waals surface area contributed by atoms with Gasteiger partial charge in [0.05, 0.1) is 5.54 Å². The molecule has 3 heteroatoms. The van der Waals surface area contributed by atoms with Crippen LogP contribution in [-0.2, 0) is 11.2 Å². The van der Waals surface area contributed by atoms with E-state index in [2.05, 4.69) is 59.1 Å². The number of hydrogen-bond acceptors (Lipinski definition) is 2. The monoisotopic (exact) mass is 343 g/mol. The predicted molar refractivity (Wildman–Crippen MR) is 78.1 cm³/mol. The quantitative estimate of drug-likeness (QED) is 0.852. The lowest BCUT2D eigenvalue weighted by molar-refractivity contribution is -0.124. The number of hydrogen-bond donors (Lipinski definition) is 1. The van der Waals surface area contributed by atoms with Crippen LogP contribution in [0.3, 0.4) is 0 Å². The van der Waals surface area contributed by atoms with Gasteiger partial charge >= 0.3 is 0 Å². The Morgan fingerprint density at radius 2 is 2.12 bits per heavy atom. The van der Waals surface area contributed by atoms with E-state index in [1.165, 1.54) is 3.57 Å². The molecule has 1 aromatic rings. The molecule has 0 aromatic heterocycles. The SMILES string of the molecule is CCC1(C(=O)Cc2ccc(I)cc2)CCCN1. The number of carbonyl (C=O) groups is 1. The molecule has 1 N–H and O–H groups in total. The molecule has 0 spiro atoms. The van der Waals surface area contributed by atoms with E-state index >= 15 is 0 Å². The summed E-state index contributed by atoms with van der Waals surface area (Å²) in [6, 6.07) is 8.23. The summed E-state index contributed by atoms with van der Waals surface area (Å²) >= 11 is 2.28. The van der Waals surface area contributed by atoms with Crippen molar-refractivity contribution in [2.24, 2.45) is 0 Å². The summed E-state index contributed by atoms with van der Waals surface area (Å²) in [4.78, 5) is 12.4. The van der Waals surface area contributed by atoms with E-state index < -0.39 is 0 Å². The minimum Gasteiger partial charge on any atom is -0.305 e. The zero-order valence-corrected chi connectivity index (χ0v) is 12.3. The van der Waals surface area contributed by atoms with Crippen LogP contribution in [-0.4, -0.2) is 17.9 Å². The van der Waals surface area contributed by atoms with Gasteiger partial charge in [0.15, 0.2) is 5.78 Å². The average Bonchev–Trinajstić information content (AvgIpc) is 2.82. The summed E-state index contributed by atoms with van der Waals surface area (Å²) in [5.74, 6) is 0.346. The highest BCUT2D eigenvalue weighted by Gasteiger charge is 2.38. The van der Waals surface area contributed by atoms with E-state index in [-0.39, 0.29) is 5.54 Å². The number of halogens is 1. The molecule has 0 amide bonds. The maximum Gasteiger partial charge on any atom is 0.157 e. The van der Waals surface area contributed by atoms with Crippen molar-refractivity contribution in [1.82, 2.24) is 5.32 Å². The van der Waals surface area contributed by atoms with Crippen LogP contribution in [0.5, 0.6) is 0 Å². The van der Waals surface area contributed by atoms with Gasteiger partial charge in [-0.1, -0.05) is 19.1 Å². The van der Waals surface area contributed by atoms with Gasteiger partial charge in [0, 0.05) is 9.99 Å². The average molecular weight is 343 g/mol. The topological polar surface area (TPSA) is 29.1 Å². The lowest BCUT2D eigenvalue weighted by atomic mass is 9.86. The fraction of sp³-hybridized carbons (Fsp3) is 0.500. The number of benzene rings is 1. The summed E-state index contributed by atoms with van der Waals surface area (Å²) in [5, 5.41) is 3.40. The molecule has 2 nitrogen and oxygen atoms in total. The van der Waals surface area contributed by atoms with Crippen LogP contribution in [0, 0.1) is 3.57 Å². The van der Waals surface area contributed by atoms with Gasteiger partial charge in [-0.25, -0.2) is 0 Å². The molecular formula is C14H18INO. The predicted octanol–water partition coefficient (Wildman–Crippen LogP) is 2.94. The minimum atomic E-state index is -0.247. The van der Waals surface area contributed by atoms with Crippen LogP contribution in [0.1, 0.15) is 31.7 Å². The van der Waals surface area contributed by atoms with Crippen molar-refractivity contribution in [2.75, 3.05) is 6.54 Å². The van der Waals surface area contributed by atoms with Crippen LogP contribution in [0.2, 0.25) is 0 Å². The Morgan fingerprint density at radius 1 is 1.41 bits per heavy atom. The van der Waals surface area contributed by atoms with Gasteiger partial charge < -0.3 is 5.32 Å². The Kier molecular flexibility index (Phi) is 4.20. The van der Waals surface area contributed by atoms with Crippen LogP contribution in [0.25, 0.3) is 0 Å². The van der Waals surface area contributed by atoms with E-state index in [0.717, 1.165) is 31.4 Å². The zero-order chi connectivity index (χ0) is 12.3. The first-order valence-electron chi connectivity index (χ1n) is 6.19. The number of Topliss-reactive ketones (excluding diaryl/α,β-unsaturated/α-hetero) is 1. The Morgan fingerprint density at radius 3 is 2.65 bits per heavy atom. The lowest BCUT2D eigenvalue weighted by Crippen LogP contribution is -2.47. The van der Waals surface area contributed by atoms with E-state index in [4.69, 9.17) is 0 Å². The van der Waals surface area contributed by atoms with Gasteiger partial charge in [0.2, 0.25) is 0 Å². The Hall–Kier alpha value is -0.420. The van der Waals surface area contributed by atoms with E-state index in [1.54, 1.807) is 0 Å². The maximum absolute atomic E-state index is 12.4. The van der Waals surface area contributed by atoms with Gasteiger partial charge in [-0.2, -0.15) is 0 Å². The summed E-state index contributed by atoms with van der Waals surface area (Å²) in [6.07, 6.45) is 3.56. The highest BCUT2D eigenvalue weighted by atomic mass is 127.